The Kier molecular flexibility index (Phi) is 5.08. The normalized spacial score (nSPS) is 10.9. The molecule has 0 N–H and O–H groups in total. The van der Waals surface area contributed by atoms with Crippen molar-refractivity contribution in [2.75, 3.05) is 6.61 Å². The quantitative estimate of drug-likeness (QED) is 0.504. The van der Waals surface area contributed by atoms with Crippen LogP contribution in [0.1, 0.15) is 23.0 Å². The molecule has 0 aliphatic rings. The molecule has 6 heteroatoms. The maximum absolute atomic E-state index is 12.2. The van der Waals surface area contributed by atoms with E-state index in [2.05, 4.69) is 15.0 Å². The molecule has 3 rings (SSSR count). The first-order valence-electron chi connectivity index (χ1n) is 7.44. The third kappa shape index (κ3) is 3.91. The Morgan fingerprint density at radius 2 is 1.96 bits per heavy atom. The number of hydrogen-bond donors (Lipinski definition) is 0. The fourth-order valence-corrected chi connectivity index (χ4v) is 2.75. The van der Waals surface area contributed by atoms with Gasteiger partial charge in [0.15, 0.2) is 16.6 Å². The van der Waals surface area contributed by atoms with E-state index in [1.807, 2.05) is 12.3 Å². The predicted molar refractivity (Wildman–Crippen MR) is 94.1 cm³/mol. The largest absolute Gasteiger partial charge is 0.494 e. The van der Waals surface area contributed by atoms with E-state index in [1.54, 1.807) is 48.8 Å². The number of nitrogens with zero attached hydrogens (tertiary/aromatic N) is 3. The number of ketones is 1. The van der Waals surface area contributed by atoms with E-state index in [9.17, 15) is 4.79 Å². The molecule has 0 aliphatic carbocycles. The van der Waals surface area contributed by atoms with Gasteiger partial charge in [-0.25, -0.2) is 15.0 Å². The van der Waals surface area contributed by atoms with Crippen molar-refractivity contribution >= 4 is 23.2 Å². The molecule has 0 fully saturated rings. The molecule has 0 bridgehead atoms. The summed E-state index contributed by atoms with van der Waals surface area (Å²) in [6.07, 6.45) is 6.56. The van der Waals surface area contributed by atoms with Crippen LogP contribution in [0.5, 0.6) is 5.75 Å². The van der Waals surface area contributed by atoms with E-state index in [4.69, 9.17) is 4.74 Å². The summed E-state index contributed by atoms with van der Waals surface area (Å²) in [5, 5.41) is 2.59. The van der Waals surface area contributed by atoms with Crippen LogP contribution in [-0.2, 0) is 0 Å². The minimum Gasteiger partial charge on any atom is -0.494 e. The van der Waals surface area contributed by atoms with Crippen LogP contribution in [0, 0.1) is 0 Å². The summed E-state index contributed by atoms with van der Waals surface area (Å²) in [7, 11) is 0. The lowest BCUT2D eigenvalue weighted by Gasteiger charge is -2.02. The minimum atomic E-state index is -0.0800. The van der Waals surface area contributed by atoms with Gasteiger partial charge in [0.2, 0.25) is 0 Å². The van der Waals surface area contributed by atoms with Gasteiger partial charge >= 0.3 is 0 Å². The molecule has 0 unspecified atom stereocenters. The van der Waals surface area contributed by atoms with Gasteiger partial charge in [-0.3, -0.25) is 4.79 Å². The Morgan fingerprint density at radius 3 is 2.67 bits per heavy atom. The van der Waals surface area contributed by atoms with Crippen molar-refractivity contribution in [1.29, 1.82) is 0 Å². The van der Waals surface area contributed by atoms with Gasteiger partial charge in [0.1, 0.15) is 5.75 Å². The smallest absolute Gasteiger partial charge is 0.188 e. The van der Waals surface area contributed by atoms with Gasteiger partial charge in [-0.1, -0.05) is 0 Å². The molecule has 0 aliphatic heterocycles. The second kappa shape index (κ2) is 7.61. The highest BCUT2D eigenvalue weighted by atomic mass is 32.1. The Labute approximate surface area is 143 Å². The monoisotopic (exact) mass is 337 g/mol. The van der Waals surface area contributed by atoms with Crippen molar-refractivity contribution < 1.29 is 9.53 Å². The third-order valence-electron chi connectivity index (χ3n) is 3.13. The van der Waals surface area contributed by atoms with Gasteiger partial charge in [0.05, 0.1) is 12.3 Å². The zero-order chi connectivity index (χ0) is 16.8. The predicted octanol–water partition coefficient (Wildman–Crippen LogP) is 3.89. The van der Waals surface area contributed by atoms with E-state index < -0.39 is 0 Å². The van der Waals surface area contributed by atoms with Crippen LogP contribution in [0.15, 0.2) is 54.2 Å². The van der Waals surface area contributed by atoms with Gasteiger partial charge in [0.25, 0.3) is 0 Å². The maximum atomic E-state index is 12.2. The first kappa shape index (κ1) is 16.0. The van der Waals surface area contributed by atoms with Crippen molar-refractivity contribution in [2.24, 2.45) is 0 Å². The van der Waals surface area contributed by atoms with Gasteiger partial charge in [-0.05, 0) is 49.4 Å². The highest BCUT2D eigenvalue weighted by Crippen LogP contribution is 2.20. The summed E-state index contributed by atoms with van der Waals surface area (Å²) in [4.78, 5) is 24.9. The Hall–Kier alpha value is -2.86. The molecule has 0 spiro atoms. The molecule has 0 atom stereocenters. The average molecular weight is 337 g/mol. The van der Waals surface area contributed by atoms with Crippen LogP contribution in [0.25, 0.3) is 16.9 Å². The molecule has 24 heavy (non-hydrogen) atoms. The molecule has 0 radical (unpaired) electrons. The summed E-state index contributed by atoms with van der Waals surface area (Å²) in [6, 6.07) is 8.84. The molecule has 0 saturated carbocycles. The maximum Gasteiger partial charge on any atom is 0.188 e. The molecule has 1 aromatic carbocycles. The number of rotatable bonds is 6. The van der Waals surface area contributed by atoms with Crippen molar-refractivity contribution in [1.82, 2.24) is 15.0 Å². The van der Waals surface area contributed by atoms with Crippen molar-refractivity contribution in [3.63, 3.8) is 0 Å². The van der Waals surface area contributed by atoms with Crippen LogP contribution in [0.3, 0.4) is 0 Å². The fourth-order valence-electron chi connectivity index (χ4n) is 2.01. The highest BCUT2D eigenvalue weighted by Gasteiger charge is 2.06. The third-order valence-corrected chi connectivity index (χ3v) is 3.99. The topological polar surface area (TPSA) is 65.0 Å². The van der Waals surface area contributed by atoms with Crippen molar-refractivity contribution in [2.45, 2.75) is 6.92 Å². The molecule has 5 nitrogen and oxygen atoms in total. The summed E-state index contributed by atoms with van der Waals surface area (Å²) in [5.41, 5.74) is 1.32. The van der Waals surface area contributed by atoms with E-state index in [-0.39, 0.29) is 5.78 Å². The summed E-state index contributed by atoms with van der Waals surface area (Å²) >= 11 is 1.44. The van der Waals surface area contributed by atoms with Gasteiger partial charge in [-0.2, -0.15) is 0 Å². The lowest BCUT2D eigenvalue weighted by Crippen LogP contribution is -1.95. The molecular formula is C18H15N3O2S. The number of allylic oxidation sites excluding steroid dienone is 1. The van der Waals surface area contributed by atoms with Crippen LogP contribution < -0.4 is 4.74 Å². The standard InChI is InChI=1S/C18H15N3O2S/c1-2-23-15-7-4-13(5-8-15)16(22)9-6-14-12-24-18(21-14)17-19-10-3-11-20-17/h3-12H,2H2,1H3/b9-6-. The number of hydrogen-bond acceptors (Lipinski definition) is 6. The molecular weight excluding hydrogens is 322 g/mol. The number of carbonyl (C=O) groups is 1. The second-order valence-corrected chi connectivity index (χ2v) is 5.66. The highest BCUT2D eigenvalue weighted by molar-refractivity contribution is 7.13. The van der Waals surface area contributed by atoms with E-state index in [1.165, 1.54) is 17.4 Å². The fraction of sp³-hybridized carbons (Fsp3) is 0.111. The number of carbonyl (C=O) groups excluding carboxylic acids is 1. The molecule has 0 saturated heterocycles. The Morgan fingerprint density at radius 1 is 1.21 bits per heavy atom. The van der Waals surface area contributed by atoms with Crippen LogP contribution in [0.2, 0.25) is 0 Å². The minimum absolute atomic E-state index is 0.0800. The first-order valence-corrected chi connectivity index (χ1v) is 8.32. The number of ether oxygens (including phenoxy) is 1. The summed E-state index contributed by atoms with van der Waals surface area (Å²) in [6.45, 7) is 2.52. The summed E-state index contributed by atoms with van der Waals surface area (Å²) < 4.78 is 5.36. The molecule has 2 aromatic heterocycles. The van der Waals surface area contributed by atoms with Crippen molar-refractivity contribution in [3.8, 4) is 16.6 Å². The van der Waals surface area contributed by atoms with E-state index in [0.717, 1.165) is 10.8 Å². The van der Waals surface area contributed by atoms with E-state index >= 15 is 0 Å². The van der Waals surface area contributed by atoms with Crippen LogP contribution >= 0.6 is 11.3 Å². The zero-order valence-electron chi connectivity index (χ0n) is 13.0. The lowest BCUT2D eigenvalue weighted by atomic mass is 10.1. The van der Waals surface area contributed by atoms with Crippen LogP contribution in [0.4, 0.5) is 0 Å². The SMILES string of the molecule is CCOc1ccc(C(=O)/C=C\c2csc(-c3ncccn3)n2)cc1. The average Bonchev–Trinajstić information content (AvgIpc) is 3.10. The molecule has 0 amide bonds. The van der Waals surface area contributed by atoms with E-state index in [0.29, 0.717) is 23.7 Å². The van der Waals surface area contributed by atoms with Gasteiger partial charge < -0.3 is 4.74 Å². The number of benzene rings is 1. The number of thiazole rings is 1. The Balaban J connectivity index is 1.69. The first-order chi connectivity index (χ1) is 11.8. The zero-order valence-corrected chi connectivity index (χ0v) is 13.9. The summed E-state index contributed by atoms with van der Waals surface area (Å²) in [5.74, 6) is 1.26. The van der Waals surface area contributed by atoms with Gasteiger partial charge in [-0.15, -0.1) is 11.3 Å². The molecule has 2 heterocycles. The second-order valence-electron chi connectivity index (χ2n) is 4.80. The number of aromatic nitrogens is 3. The lowest BCUT2D eigenvalue weighted by molar-refractivity contribution is 0.104. The van der Waals surface area contributed by atoms with Gasteiger partial charge in [0, 0.05) is 23.3 Å². The van der Waals surface area contributed by atoms with Crippen LogP contribution in [-0.4, -0.2) is 27.3 Å². The Bertz CT molecular complexity index is 842. The molecule has 3 aromatic rings. The van der Waals surface area contributed by atoms with Crippen molar-refractivity contribution in [3.05, 3.63) is 65.4 Å². The molecule has 120 valence electrons.